The van der Waals surface area contributed by atoms with Crippen molar-refractivity contribution in [1.82, 2.24) is 24.5 Å². The minimum absolute atomic E-state index is 0.0159. The number of nitrogens with zero attached hydrogens (tertiary/aromatic N) is 6. The number of amides is 1. The Morgan fingerprint density at radius 2 is 1.77 bits per heavy atom. The van der Waals surface area contributed by atoms with Gasteiger partial charge in [-0.3, -0.25) is 24.7 Å². The summed E-state index contributed by atoms with van der Waals surface area (Å²) in [5, 5.41) is 27.3. The molecule has 0 bridgehead atoms. The third-order valence-corrected chi connectivity index (χ3v) is 20.8. The fourth-order valence-corrected chi connectivity index (χ4v) is 15.7. The Hall–Kier alpha value is -7.30. The van der Waals surface area contributed by atoms with Crippen molar-refractivity contribution in [2.24, 2.45) is 11.3 Å². The number of aliphatic hydroxyl groups is 1. The topological polar surface area (TPSA) is 221 Å². The standard InChI is InChI=1S/C65H76FN9O10S/c1-39(2)47-8-6-7-9-48(47)57-37-71(36-42-27-43-26-40(3)84-60(43)58(28-42)82-5)23-24-73(57)45-32-65(33-45)19-21-72(22-20-65)44-10-12-49(54(29-44)74-53-16-25-83-38-59(53)85-63-56(74)31-50-51(66)35-68-61(50)69-63)62(76)70-86(80,81)46-11-13-52(55(30-46)75(78)79)67-34-41-14-17-64(4,77)18-15-41/h6-13,26-31,35,39,41,45,53,57,59,67,77H,14-25,32-34,36-38H2,1-5H3,(H,68,69)(H,70,76)/t41?,53-,57-,59-,64?/m0/s1. The Morgan fingerprint density at radius 3 is 2.53 bits per heavy atom. The number of benzene rings is 4. The van der Waals surface area contributed by atoms with Crippen LogP contribution in [0.1, 0.15) is 123 Å². The lowest BCUT2D eigenvalue weighted by atomic mass is 9.59. The van der Waals surface area contributed by atoms with Crippen molar-refractivity contribution in [2.75, 3.05) is 74.7 Å². The van der Waals surface area contributed by atoms with Gasteiger partial charge in [-0.25, -0.2) is 17.5 Å². The molecule has 86 heavy (non-hydrogen) atoms. The van der Waals surface area contributed by atoms with Crippen molar-refractivity contribution in [3.05, 3.63) is 135 Å². The molecule has 4 aromatic carbocycles. The van der Waals surface area contributed by atoms with Crippen molar-refractivity contribution in [3.8, 4) is 11.6 Å². The number of hydrogen-bond acceptors (Lipinski definition) is 16. The van der Waals surface area contributed by atoms with Gasteiger partial charge in [0, 0.05) is 87.8 Å². The molecule has 0 radical (unpaired) electrons. The van der Waals surface area contributed by atoms with Crippen LogP contribution in [-0.2, 0) is 21.3 Å². The van der Waals surface area contributed by atoms with Crippen LogP contribution >= 0.6 is 0 Å². The zero-order chi connectivity index (χ0) is 59.8. The van der Waals surface area contributed by atoms with Crippen LogP contribution in [0, 0.1) is 34.2 Å². The van der Waals surface area contributed by atoms with Gasteiger partial charge in [-0.2, -0.15) is 4.98 Å². The van der Waals surface area contributed by atoms with Gasteiger partial charge in [-0.1, -0.05) is 38.1 Å². The second-order valence-corrected chi connectivity index (χ2v) is 27.3. The van der Waals surface area contributed by atoms with Crippen molar-refractivity contribution in [1.29, 1.82) is 0 Å². The van der Waals surface area contributed by atoms with Crippen LogP contribution in [0.3, 0.4) is 0 Å². The number of aromatic nitrogens is 2. The van der Waals surface area contributed by atoms with Gasteiger partial charge in [0.15, 0.2) is 11.3 Å². The molecule has 2 saturated carbocycles. The van der Waals surface area contributed by atoms with Crippen LogP contribution in [0.2, 0.25) is 0 Å². The van der Waals surface area contributed by atoms with Gasteiger partial charge in [-0.15, -0.1) is 0 Å². The summed E-state index contributed by atoms with van der Waals surface area (Å²) in [6.45, 7) is 14.4. The second-order valence-electron chi connectivity index (χ2n) is 25.6. The molecule has 6 aliphatic rings. The number of piperidine rings is 1. The summed E-state index contributed by atoms with van der Waals surface area (Å²) in [4.78, 5) is 43.5. The number of nitro groups is 1. The van der Waals surface area contributed by atoms with Crippen LogP contribution in [-0.4, -0.2) is 128 Å². The largest absolute Gasteiger partial charge is 0.493 e. The Labute approximate surface area is 500 Å². The molecular weight excluding hydrogens is 1120 g/mol. The van der Waals surface area contributed by atoms with Crippen LogP contribution < -0.4 is 29.3 Å². The first kappa shape index (κ1) is 57.8. The van der Waals surface area contributed by atoms with Gasteiger partial charge in [-0.05, 0) is 160 Å². The number of ether oxygens (including phenoxy) is 3. The average Bonchev–Trinajstić information content (AvgIpc) is 1.01. The first-order valence-corrected chi connectivity index (χ1v) is 31.9. The molecule has 1 amide bonds. The monoisotopic (exact) mass is 1190 g/mol. The Kier molecular flexibility index (Phi) is 15.3. The molecule has 19 nitrogen and oxygen atoms in total. The molecule has 3 atom stereocenters. The van der Waals surface area contributed by atoms with E-state index in [1.54, 1.807) is 19.2 Å². The number of aromatic amines is 1. The number of hydrogen-bond donors (Lipinski definition) is 4. The van der Waals surface area contributed by atoms with Gasteiger partial charge < -0.3 is 43.8 Å². The summed E-state index contributed by atoms with van der Waals surface area (Å²) in [5.74, 6) is 0.875. The second kappa shape index (κ2) is 22.8. The number of pyridine rings is 1. The van der Waals surface area contributed by atoms with Crippen LogP contribution in [0.15, 0.2) is 100 Å². The number of rotatable bonds is 15. The highest BCUT2D eigenvalue weighted by Crippen LogP contribution is 2.54. The number of nitro benzene ring substituents is 1. The SMILES string of the molecule is COc1cc(CN2CCN(C3CC4(CCN(c5ccc(C(=O)NS(=O)(=O)c6ccc(NCC7CCC(C)(O)CC7)c([N+](=O)[O-])c6)c(N6c7cc8c(F)c[nH]c8nc7O[C@H]7COCC[C@@H]76)c5)CC4)C3)[C@H](c3ccccc3C(C)C)C2)cc2cc(C)oc12. The molecule has 7 heterocycles. The van der Waals surface area contributed by atoms with E-state index in [0.717, 1.165) is 112 Å². The quantitative estimate of drug-likeness (QED) is 0.0554. The molecule has 13 rings (SSSR count). The number of H-pyrrole nitrogens is 1. The summed E-state index contributed by atoms with van der Waals surface area (Å²) >= 11 is 0. The first-order chi connectivity index (χ1) is 41.3. The van der Waals surface area contributed by atoms with Crippen LogP contribution in [0.25, 0.3) is 22.0 Å². The minimum atomic E-state index is -4.70. The van der Waals surface area contributed by atoms with Gasteiger partial charge in [0.2, 0.25) is 5.88 Å². The van der Waals surface area contributed by atoms with Crippen molar-refractivity contribution < 1.29 is 46.3 Å². The number of nitrogens with one attached hydrogen (secondary N) is 3. The zero-order valence-corrected chi connectivity index (χ0v) is 50.3. The molecule has 4 aliphatic heterocycles. The van der Waals surface area contributed by atoms with Gasteiger partial charge in [0.05, 0.1) is 51.8 Å². The van der Waals surface area contributed by atoms with E-state index < -0.39 is 55.0 Å². The van der Waals surface area contributed by atoms with E-state index in [2.05, 4.69) is 86.0 Å². The molecule has 1 spiro atoms. The number of sulfonamides is 1. The van der Waals surface area contributed by atoms with Gasteiger partial charge in [0.25, 0.3) is 21.6 Å². The fourth-order valence-electron chi connectivity index (χ4n) is 14.7. The lowest BCUT2D eigenvalue weighted by Crippen LogP contribution is -2.60. The van der Waals surface area contributed by atoms with E-state index in [1.165, 1.54) is 35.0 Å². The highest BCUT2D eigenvalue weighted by Gasteiger charge is 2.51. The normalized spacial score (nSPS) is 23.7. The number of anilines is 4. The molecule has 4 N–H and O–H groups in total. The fraction of sp³-hybridized carbons (Fsp3) is 0.477. The summed E-state index contributed by atoms with van der Waals surface area (Å²) in [6, 6.07) is 26.2. The number of furan rings is 1. The third-order valence-electron chi connectivity index (χ3n) is 19.5. The molecule has 0 unspecified atom stereocenters. The predicted molar refractivity (Wildman–Crippen MR) is 327 cm³/mol. The van der Waals surface area contributed by atoms with E-state index in [4.69, 9.17) is 23.6 Å². The molecule has 2 aliphatic carbocycles. The average molecular weight is 1190 g/mol. The zero-order valence-electron chi connectivity index (χ0n) is 49.4. The smallest absolute Gasteiger partial charge is 0.293 e. The number of halogens is 1. The highest BCUT2D eigenvalue weighted by molar-refractivity contribution is 7.90. The summed E-state index contributed by atoms with van der Waals surface area (Å²) in [5.41, 5.74) is 5.78. The van der Waals surface area contributed by atoms with Gasteiger partial charge in [0.1, 0.15) is 34.7 Å². The number of carbonyl (C=O) groups excluding carboxylic acids is 1. The number of methoxy groups -OCH3 is 1. The Morgan fingerprint density at radius 1 is 0.977 bits per heavy atom. The summed E-state index contributed by atoms with van der Waals surface area (Å²) in [6.07, 6.45) is 7.97. The van der Waals surface area contributed by atoms with Crippen molar-refractivity contribution in [3.63, 3.8) is 0 Å². The molecule has 5 fully saturated rings. The first-order valence-electron chi connectivity index (χ1n) is 30.4. The number of carbonyl (C=O) groups is 1. The molecule has 3 aromatic heterocycles. The maximum Gasteiger partial charge on any atom is 0.293 e. The molecular formula is C65H76FN9O10S. The predicted octanol–water partition coefficient (Wildman–Crippen LogP) is 11.3. The molecule has 3 saturated heterocycles. The van der Waals surface area contributed by atoms with E-state index in [9.17, 15) is 28.4 Å². The maximum absolute atomic E-state index is 15.5. The lowest BCUT2D eigenvalue weighted by molar-refractivity contribution is -0.384. The lowest BCUT2D eigenvalue weighted by Gasteiger charge is -2.58. The number of piperazine rings is 1. The molecule has 21 heteroatoms. The number of aryl methyl sites for hydroxylation is 1. The van der Waals surface area contributed by atoms with Crippen molar-refractivity contribution >= 4 is 66.4 Å². The highest BCUT2D eigenvalue weighted by atomic mass is 32.2. The van der Waals surface area contributed by atoms with Gasteiger partial charge >= 0.3 is 0 Å². The van der Waals surface area contributed by atoms with E-state index in [-0.39, 0.29) is 52.1 Å². The Bertz CT molecular complexity index is 3840. The summed E-state index contributed by atoms with van der Waals surface area (Å²) in [7, 11) is -3.01. The minimum Gasteiger partial charge on any atom is -0.493 e. The van der Waals surface area contributed by atoms with E-state index in [0.29, 0.717) is 55.7 Å². The third kappa shape index (κ3) is 11.1. The van der Waals surface area contributed by atoms with Crippen LogP contribution in [0.5, 0.6) is 11.6 Å². The van der Waals surface area contributed by atoms with Crippen molar-refractivity contribution in [2.45, 2.75) is 133 Å². The Balaban J connectivity index is 0.760. The number of fused-ring (bicyclic) bond motifs is 4. The van der Waals surface area contributed by atoms with E-state index in [1.807, 2.05) is 30.9 Å². The summed E-state index contributed by atoms with van der Waals surface area (Å²) < 4.78 is 70.5. The van der Waals surface area contributed by atoms with E-state index >= 15 is 4.39 Å². The molecule has 7 aromatic rings. The van der Waals surface area contributed by atoms with Crippen LogP contribution in [0.4, 0.5) is 32.8 Å². The molecule has 454 valence electrons. The maximum atomic E-state index is 15.5.